The van der Waals surface area contributed by atoms with E-state index in [9.17, 15) is 14.0 Å². The summed E-state index contributed by atoms with van der Waals surface area (Å²) in [7, 11) is 1.54. The zero-order chi connectivity index (χ0) is 23.8. The highest BCUT2D eigenvalue weighted by Gasteiger charge is 2.40. The molecule has 0 saturated carbocycles. The molecular formula is C27H25FN2O3. The van der Waals surface area contributed by atoms with Gasteiger partial charge in [0.05, 0.1) is 18.4 Å². The third-order valence-electron chi connectivity index (χ3n) is 5.57. The number of nitrogens with one attached hydrogen (secondary N) is 1. The number of methoxy groups -OCH3 is 1. The number of carbonyl (C=O) groups is 2. The fourth-order valence-corrected chi connectivity index (χ4v) is 3.69. The van der Waals surface area contributed by atoms with E-state index in [1.165, 1.54) is 24.3 Å². The summed E-state index contributed by atoms with van der Waals surface area (Å²) in [5, 5.41) is 3.13. The highest BCUT2D eigenvalue weighted by atomic mass is 19.1. The molecule has 0 atom stereocenters. The van der Waals surface area contributed by atoms with Crippen molar-refractivity contribution in [3.63, 3.8) is 0 Å². The predicted molar refractivity (Wildman–Crippen MR) is 128 cm³/mol. The van der Waals surface area contributed by atoms with Gasteiger partial charge in [-0.2, -0.15) is 0 Å². The molecule has 2 amide bonds. The van der Waals surface area contributed by atoms with Crippen molar-refractivity contribution >= 4 is 28.8 Å². The number of anilines is 2. The Hall–Kier alpha value is -3.93. The van der Waals surface area contributed by atoms with Gasteiger partial charge in [0.15, 0.2) is 0 Å². The van der Waals surface area contributed by atoms with Crippen LogP contribution in [0, 0.1) is 5.82 Å². The molecule has 0 aromatic heterocycles. The second-order valence-electron chi connectivity index (χ2n) is 8.85. The molecule has 1 aliphatic heterocycles. The van der Waals surface area contributed by atoms with Crippen LogP contribution in [0.15, 0.2) is 78.5 Å². The van der Waals surface area contributed by atoms with Gasteiger partial charge in [0.1, 0.15) is 17.3 Å². The first kappa shape index (κ1) is 22.3. The monoisotopic (exact) mass is 444 g/mol. The quantitative estimate of drug-likeness (QED) is 0.526. The predicted octanol–water partition coefficient (Wildman–Crippen LogP) is 5.53. The smallest absolute Gasteiger partial charge is 0.282 e. The van der Waals surface area contributed by atoms with Gasteiger partial charge in [0.2, 0.25) is 0 Å². The van der Waals surface area contributed by atoms with Crippen molar-refractivity contribution in [2.45, 2.75) is 26.2 Å². The highest BCUT2D eigenvalue weighted by molar-refractivity contribution is 6.46. The Morgan fingerprint density at radius 3 is 1.97 bits per heavy atom. The third-order valence-corrected chi connectivity index (χ3v) is 5.57. The van der Waals surface area contributed by atoms with Crippen molar-refractivity contribution in [2.75, 3.05) is 17.3 Å². The molecule has 0 aliphatic carbocycles. The van der Waals surface area contributed by atoms with Gasteiger partial charge in [-0.05, 0) is 65.1 Å². The van der Waals surface area contributed by atoms with E-state index in [4.69, 9.17) is 4.74 Å². The number of imide groups is 1. The molecule has 168 valence electrons. The van der Waals surface area contributed by atoms with E-state index in [-0.39, 0.29) is 16.7 Å². The lowest BCUT2D eigenvalue weighted by molar-refractivity contribution is -0.120. The van der Waals surface area contributed by atoms with Crippen molar-refractivity contribution in [1.82, 2.24) is 0 Å². The first-order valence-electron chi connectivity index (χ1n) is 10.6. The van der Waals surface area contributed by atoms with E-state index in [0.29, 0.717) is 22.7 Å². The lowest BCUT2D eigenvalue weighted by Gasteiger charge is -2.19. The molecule has 5 nitrogen and oxygen atoms in total. The maximum absolute atomic E-state index is 13.5. The van der Waals surface area contributed by atoms with Gasteiger partial charge in [-0.15, -0.1) is 0 Å². The topological polar surface area (TPSA) is 58.6 Å². The van der Waals surface area contributed by atoms with Crippen LogP contribution in [-0.4, -0.2) is 18.9 Å². The molecule has 0 saturated heterocycles. The van der Waals surface area contributed by atoms with E-state index in [1.54, 1.807) is 31.4 Å². The van der Waals surface area contributed by atoms with Crippen molar-refractivity contribution < 1.29 is 18.7 Å². The lowest BCUT2D eigenvalue weighted by Crippen LogP contribution is -2.32. The number of hydrogen-bond donors (Lipinski definition) is 1. The number of halogens is 1. The Bertz CT molecular complexity index is 1220. The van der Waals surface area contributed by atoms with Crippen molar-refractivity contribution in [2.24, 2.45) is 0 Å². The van der Waals surface area contributed by atoms with Gasteiger partial charge in [-0.25, -0.2) is 9.29 Å². The summed E-state index contributed by atoms with van der Waals surface area (Å²) in [6.45, 7) is 6.36. The normalized spacial score (nSPS) is 14.2. The zero-order valence-electron chi connectivity index (χ0n) is 19.0. The van der Waals surface area contributed by atoms with Crippen LogP contribution in [0.1, 0.15) is 31.9 Å². The van der Waals surface area contributed by atoms with Crippen LogP contribution >= 0.6 is 0 Å². The minimum absolute atomic E-state index is 0.0125. The molecule has 33 heavy (non-hydrogen) atoms. The maximum atomic E-state index is 13.5. The molecule has 0 spiro atoms. The molecule has 3 aromatic carbocycles. The first-order chi connectivity index (χ1) is 15.7. The standard InChI is InChI=1S/C27H25FN2O3/c1-27(2,3)18-7-11-20(12-8-18)29-24-23(17-5-9-19(28)10-6-17)25(31)30(26(24)32)21-13-15-22(33-4)16-14-21/h5-16,29H,1-4H3. The highest BCUT2D eigenvalue weighted by Crippen LogP contribution is 2.35. The van der Waals surface area contributed by atoms with E-state index in [0.717, 1.165) is 10.5 Å². The summed E-state index contributed by atoms with van der Waals surface area (Å²) in [4.78, 5) is 28.0. The summed E-state index contributed by atoms with van der Waals surface area (Å²) >= 11 is 0. The van der Waals surface area contributed by atoms with Crippen molar-refractivity contribution in [3.8, 4) is 5.75 Å². The van der Waals surface area contributed by atoms with Crippen LogP contribution in [0.2, 0.25) is 0 Å². The van der Waals surface area contributed by atoms with Gasteiger partial charge in [0.25, 0.3) is 11.8 Å². The molecule has 1 aliphatic rings. The average molecular weight is 445 g/mol. The number of carbonyl (C=O) groups excluding carboxylic acids is 2. The van der Waals surface area contributed by atoms with Crippen molar-refractivity contribution in [1.29, 1.82) is 0 Å². The summed E-state index contributed by atoms with van der Waals surface area (Å²) in [5.74, 6) is -0.771. The minimum Gasteiger partial charge on any atom is -0.497 e. The first-order valence-corrected chi connectivity index (χ1v) is 10.6. The van der Waals surface area contributed by atoms with Crippen LogP contribution < -0.4 is 15.0 Å². The summed E-state index contributed by atoms with van der Waals surface area (Å²) in [6, 6.07) is 19.9. The van der Waals surface area contributed by atoms with Gasteiger partial charge < -0.3 is 10.1 Å². The van der Waals surface area contributed by atoms with Crippen LogP contribution in [0.25, 0.3) is 5.57 Å². The molecule has 1 N–H and O–H groups in total. The van der Waals surface area contributed by atoms with E-state index < -0.39 is 17.6 Å². The summed E-state index contributed by atoms with van der Waals surface area (Å²) in [6.07, 6.45) is 0. The number of hydrogen-bond acceptors (Lipinski definition) is 4. The number of ether oxygens (including phenoxy) is 1. The van der Waals surface area contributed by atoms with Crippen LogP contribution in [0.3, 0.4) is 0 Å². The van der Waals surface area contributed by atoms with Crippen LogP contribution in [0.5, 0.6) is 5.75 Å². The maximum Gasteiger partial charge on any atom is 0.282 e. The Morgan fingerprint density at radius 1 is 0.818 bits per heavy atom. The molecule has 0 fully saturated rings. The van der Waals surface area contributed by atoms with Crippen molar-refractivity contribution in [3.05, 3.63) is 95.4 Å². The summed E-state index contributed by atoms with van der Waals surface area (Å²) < 4.78 is 18.7. The SMILES string of the molecule is COc1ccc(N2C(=O)C(Nc3ccc(C(C)(C)C)cc3)=C(c3ccc(F)cc3)C2=O)cc1. The molecule has 0 unspecified atom stereocenters. The molecule has 3 aromatic rings. The number of rotatable bonds is 5. The Morgan fingerprint density at radius 2 is 1.42 bits per heavy atom. The molecule has 0 radical (unpaired) electrons. The Balaban J connectivity index is 1.75. The summed E-state index contributed by atoms with van der Waals surface area (Å²) in [5.41, 5.74) is 3.03. The van der Waals surface area contributed by atoms with E-state index >= 15 is 0 Å². The lowest BCUT2D eigenvalue weighted by atomic mass is 9.87. The van der Waals surface area contributed by atoms with Crippen LogP contribution in [-0.2, 0) is 15.0 Å². The zero-order valence-corrected chi connectivity index (χ0v) is 19.0. The second-order valence-corrected chi connectivity index (χ2v) is 8.85. The number of amides is 2. The average Bonchev–Trinajstić information content (AvgIpc) is 3.03. The van der Waals surface area contributed by atoms with E-state index in [1.807, 2.05) is 24.3 Å². The molecular weight excluding hydrogens is 419 g/mol. The van der Waals surface area contributed by atoms with Gasteiger partial charge in [0, 0.05) is 5.69 Å². The van der Waals surface area contributed by atoms with Crippen LogP contribution in [0.4, 0.5) is 15.8 Å². The Kier molecular flexibility index (Phi) is 5.77. The number of nitrogens with zero attached hydrogens (tertiary/aromatic N) is 1. The fourth-order valence-electron chi connectivity index (χ4n) is 3.69. The van der Waals surface area contributed by atoms with Gasteiger partial charge in [-0.1, -0.05) is 45.0 Å². The molecule has 1 heterocycles. The fraction of sp³-hybridized carbons (Fsp3) is 0.185. The van der Waals surface area contributed by atoms with Gasteiger partial charge in [-0.3, -0.25) is 9.59 Å². The van der Waals surface area contributed by atoms with Gasteiger partial charge >= 0.3 is 0 Å². The minimum atomic E-state index is -0.482. The molecule has 6 heteroatoms. The largest absolute Gasteiger partial charge is 0.497 e. The Labute approximate surface area is 192 Å². The van der Waals surface area contributed by atoms with E-state index in [2.05, 4.69) is 26.1 Å². The number of benzene rings is 3. The molecule has 0 bridgehead atoms. The molecule has 4 rings (SSSR count). The second kappa shape index (κ2) is 8.54. The third kappa shape index (κ3) is 4.37.